The van der Waals surface area contributed by atoms with Crippen molar-refractivity contribution in [1.82, 2.24) is 19.8 Å². The van der Waals surface area contributed by atoms with Crippen LogP contribution in [0.5, 0.6) is 0 Å². The molecule has 0 amide bonds. The fourth-order valence-corrected chi connectivity index (χ4v) is 4.48. The molecule has 1 saturated heterocycles. The van der Waals surface area contributed by atoms with Crippen LogP contribution < -0.4 is 5.32 Å². The maximum absolute atomic E-state index is 14.0. The molecule has 32 heavy (non-hydrogen) atoms. The summed E-state index contributed by atoms with van der Waals surface area (Å²) in [5.41, 5.74) is 3.69. The Morgan fingerprint density at radius 2 is 1.78 bits per heavy atom. The van der Waals surface area contributed by atoms with Crippen LogP contribution in [0.2, 0.25) is 0 Å². The molecular formula is C27H37FN4. The van der Waals surface area contributed by atoms with E-state index in [9.17, 15) is 4.39 Å². The first-order valence-corrected chi connectivity index (χ1v) is 11.5. The van der Waals surface area contributed by atoms with Crippen LogP contribution >= 0.6 is 0 Å². The summed E-state index contributed by atoms with van der Waals surface area (Å²) < 4.78 is 16.2. The van der Waals surface area contributed by atoms with Gasteiger partial charge in [-0.2, -0.15) is 0 Å². The molecule has 172 valence electrons. The quantitative estimate of drug-likeness (QED) is 0.555. The first-order valence-electron chi connectivity index (χ1n) is 11.5. The molecule has 1 aromatic carbocycles. The van der Waals surface area contributed by atoms with Gasteiger partial charge in [-0.15, -0.1) is 0 Å². The first kappa shape index (κ1) is 24.1. The molecule has 5 heteroatoms. The lowest BCUT2D eigenvalue weighted by atomic mass is 9.88. The van der Waals surface area contributed by atoms with Crippen molar-refractivity contribution in [3.63, 3.8) is 0 Å². The molecule has 0 bridgehead atoms. The number of pyridine rings is 1. The number of nitrogens with zero attached hydrogens (tertiary/aromatic N) is 3. The maximum Gasteiger partial charge on any atom is 0.140 e. The molecule has 0 saturated carbocycles. The van der Waals surface area contributed by atoms with Gasteiger partial charge < -0.3 is 14.8 Å². The standard InChI is InChI=1S/C25H30FN3.C2H7N/c1-4-19-5-7-20(8-6-19)17-29-16-12-23-22(9-13-27-24(23)29)21-10-14-28(15-11-21)18-25(2,3)26;1-3-2/h4-9,12-13,16,21H,1,10-11,14-15,17-18H2,2-3H3;3H,1-2H3. The lowest BCUT2D eigenvalue weighted by Crippen LogP contribution is -2.40. The highest BCUT2D eigenvalue weighted by atomic mass is 19.1. The second kappa shape index (κ2) is 10.9. The summed E-state index contributed by atoms with van der Waals surface area (Å²) in [6, 6.07) is 12.9. The van der Waals surface area contributed by atoms with E-state index in [1.54, 1.807) is 13.8 Å². The largest absolute Gasteiger partial charge is 0.328 e. The Morgan fingerprint density at radius 1 is 1.12 bits per heavy atom. The Morgan fingerprint density at radius 3 is 2.38 bits per heavy atom. The molecular weight excluding hydrogens is 399 g/mol. The molecule has 1 aliphatic rings. The number of aromatic nitrogens is 2. The molecule has 4 nitrogen and oxygen atoms in total. The third kappa shape index (κ3) is 6.27. The molecule has 3 heterocycles. The van der Waals surface area contributed by atoms with Gasteiger partial charge >= 0.3 is 0 Å². The van der Waals surface area contributed by atoms with Crippen molar-refractivity contribution in [1.29, 1.82) is 0 Å². The summed E-state index contributed by atoms with van der Waals surface area (Å²) >= 11 is 0. The van der Waals surface area contributed by atoms with E-state index in [0.717, 1.165) is 43.7 Å². The number of piperidine rings is 1. The maximum atomic E-state index is 14.0. The highest BCUT2D eigenvalue weighted by Gasteiger charge is 2.27. The van der Waals surface area contributed by atoms with Crippen LogP contribution in [0.25, 0.3) is 17.1 Å². The summed E-state index contributed by atoms with van der Waals surface area (Å²) in [5.74, 6) is 0.516. The summed E-state index contributed by atoms with van der Waals surface area (Å²) in [4.78, 5) is 6.93. The summed E-state index contributed by atoms with van der Waals surface area (Å²) in [5, 5.41) is 4.00. The molecule has 0 spiro atoms. The van der Waals surface area contributed by atoms with E-state index in [2.05, 4.69) is 68.9 Å². The average molecular weight is 437 g/mol. The van der Waals surface area contributed by atoms with Gasteiger partial charge in [0.2, 0.25) is 0 Å². The number of hydrogen-bond donors (Lipinski definition) is 1. The number of halogens is 1. The summed E-state index contributed by atoms with van der Waals surface area (Å²) in [7, 11) is 3.75. The second-order valence-corrected chi connectivity index (χ2v) is 9.30. The number of rotatable bonds is 6. The van der Waals surface area contributed by atoms with Crippen LogP contribution in [0, 0.1) is 0 Å². The average Bonchev–Trinajstić information content (AvgIpc) is 3.17. The van der Waals surface area contributed by atoms with E-state index in [1.807, 2.05) is 26.4 Å². The zero-order chi connectivity index (χ0) is 23.1. The van der Waals surface area contributed by atoms with Gasteiger partial charge in [0.15, 0.2) is 0 Å². The Kier molecular flexibility index (Phi) is 8.21. The van der Waals surface area contributed by atoms with Gasteiger partial charge in [-0.25, -0.2) is 9.37 Å². The molecule has 0 atom stereocenters. The monoisotopic (exact) mass is 436 g/mol. The van der Waals surface area contributed by atoms with Crippen LogP contribution in [0.4, 0.5) is 4.39 Å². The number of likely N-dealkylation sites (tertiary alicyclic amines) is 1. The SMILES string of the molecule is C=Cc1ccc(Cn2ccc3c(C4CCN(CC(C)(C)F)CC4)ccnc32)cc1.CNC. The third-order valence-corrected chi connectivity index (χ3v) is 5.89. The highest BCUT2D eigenvalue weighted by molar-refractivity contribution is 5.80. The molecule has 1 aliphatic heterocycles. The first-order chi connectivity index (χ1) is 15.3. The molecule has 2 aromatic heterocycles. The fraction of sp³-hybridized carbons (Fsp3) is 0.444. The lowest BCUT2D eigenvalue weighted by Gasteiger charge is -2.34. The third-order valence-electron chi connectivity index (χ3n) is 5.89. The van der Waals surface area contributed by atoms with E-state index < -0.39 is 5.67 Å². The van der Waals surface area contributed by atoms with Crippen LogP contribution in [-0.4, -0.2) is 53.8 Å². The number of alkyl halides is 1. The molecule has 1 N–H and O–H groups in total. The van der Waals surface area contributed by atoms with Crippen molar-refractivity contribution in [2.45, 2.75) is 44.8 Å². The molecule has 4 rings (SSSR count). The van der Waals surface area contributed by atoms with Crippen molar-refractivity contribution >= 4 is 17.1 Å². The Bertz CT molecular complexity index is 993. The lowest BCUT2D eigenvalue weighted by molar-refractivity contribution is 0.106. The van der Waals surface area contributed by atoms with Gasteiger partial charge in [-0.3, -0.25) is 0 Å². The molecule has 0 unspecified atom stereocenters. The van der Waals surface area contributed by atoms with Crippen molar-refractivity contribution in [2.24, 2.45) is 0 Å². The Labute approximate surface area is 192 Å². The van der Waals surface area contributed by atoms with Crippen molar-refractivity contribution < 1.29 is 4.39 Å². The minimum Gasteiger partial charge on any atom is -0.328 e. The summed E-state index contributed by atoms with van der Waals surface area (Å²) in [6.07, 6.45) is 8.09. The van der Waals surface area contributed by atoms with Crippen LogP contribution in [0.15, 0.2) is 55.4 Å². The van der Waals surface area contributed by atoms with Gasteiger partial charge in [0, 0.05) is 30.9 Å². The Balaban J connectivity index is 0.000000913. The predicted molar refractivity (Wildman–Crippen MR) is 134 cm³/mol. The van der Waals surface area contributed by atoms with Crippen molar-refractivity contribution in [3.8, 4) is 0 Å². The van der Waals surface area contributed by atoms with E-state index in [1.165, 1.54) is 16.5 Å². The number of benzene rings is 1. The minimum atomic E-state index is -1.13. The molecule has 3 aromatic rings. The fourth-order valence-electron chi connectivity index (χ4n) is 4.48. The van der Waals surface area contributed by atoms with Gasteiger partial charge in [-0.05, 0) is 88.6 Å². The zero-order valence-corrected chi connectivity index (χ0v) is 19.9. The predicted octanol–water partition coefficient (Wildman–Crippen LogP) is 5.49. The summed E-state index contributed by atoms with van der Waals surface area (Å²) in [6.45, 7) is 10.4. The highest BCUT2D eigenvalue weighted by Crippen LogP contribution is 2.33. The smallest absolute Gasteiger partial charge is 0.140 e. The van der Waals surface area contributed by atoms with Crippen molar-refractivity contribution in [3.05, 3.63) is 72.1 Å². The van der Waals surface area contributed by atoms with Crippen LogP contribution in [0.1, 0.15) is 49.3 Å². The molecule has 1 fully saturated rings. The van der Waals surface area contributed by atoms with Gasteiger partial charge in [0.1, 0.15) is 11.3 Å². The van der Waals surface area contributed by atoms with E-state index in [0.29, 0.717) is 12.5 Å². The minimum absolute atomic E-state index is 0.516. The van der Waals surface area contributed by atoms with E-state index in [4.69, 9.17) is 0 Å². The normalized spacial score (nSPS) is 15.4. The molecule has 0 aliphatic carbocycles. The van der Waals surface area contributed by atoms with Gasteiger partial charge in [0.25, 0.3) is 0 Å². The second-order valence-electron chi connectivity index (χ2n) is 9.30. The van der Waals surface area contributed by atoms with Crippen molar-refractivity contribution in [2.75, 3.05) is 33.7 Å². The zero-order valence-electron chi connectivity index (χ0n) is 19.9. The topological polar surface area (TPSA) is 33.1 Å². The van der Waals surface area contributed by atoms with E-state index in [-0.39, 0.29) is 0 Å². The number of fused-ring (bicyclic) bond motifs is 1. The van der Waals surface area contributed by atoms with E-state index >= 15 is 0 Å². The Hall–Kier alpha value is -2.50. The number of nitrogens with one attached hydrogen (secondary N) is 1. The molecule has 0 radical (unpaired) electrons. The van der Waals surface area contributed by atoms with Crippen LogP contribution in [-0.2, 0) is 6.54 Å². The van der Waals surface area contributed by atoms with Gasteiger partial charge in [0.05, 0.1) is 0 Å². The number of hydrogen-bond acceptors (Lipinski definition) is 3. The van der Waals surface area contributed by atoms with Crippen LogP contribution in [0.3, 0.4) is 0 Å². The van der Waals surface area contributed by atoms with Gasteiger partial charge in [-0.1, -0.05) is 36.9 Å².